The van der Waals surface area contributed by atoms with Crippen LogP contribution in [0.25, 0.3) is 0 Å². The second-order valence-electron chi connectivity index (χ2n) is 2.97. The Morgan fingerprint density at radius 1 is 0.786 bits per heavy atom. The van der Waals surface area contributed by atoms with Gasteiger partial charge in [-0.25, -0.2) is 0 Å². The zero-order valence-electron chi connectivity index (χ0n) is 9.36. The summed E-state index contributed by atoms with van der Waals surface area (Å²) in [7, 11) is 0. The Balaban J connectivity index is 3.89. The standard InChI is InChI=1S/3C3H7O.H2O.V/c3*1-2-3-4;;/h3*2-3H2,1H3;1H2;/q3*-1;;+4/p-1. The van der Waals surface area contributed by atoms with Gasteiger partial charge in [0.1, 0.15) is 0 Å². The minimum absolute atomic E-state index is 0.497. The summed E-state index contributed by atoms with van der Waals surface area (Å²) >= 11 is -3.66. The van der Waals surface area contributed by atoms with Crippen molar-refractivity contribution in [3.8, 4) is 0 Å². The van der Waals surface area contributed by atoms with E-state index >= 15 is 0 Å². The quantitative estimate of drug-likeness (QED) is 0.675. The van der Waals surface area contributed by atoms with Crippen LogP contribution < -0.4 is 0 Å². The molecule has 0 saturated heterocycles. The number of hydrogen-bond acceptors (Lipinski definition) is 4. The van der Waals surface area contributed by atoms with E-state index in [1.54, 1.807) is 0 Å². The molecule has 0 rings (SSSR count). The van der Waals surface area contributed by atoms with Crippen LogP contribution in [0.2, 0.25) is 0 Å². The fourth-order valence-corrected chi connectivity index (χ4v) is 3.02. The molecule has 0 unspecified atom stereocenters. The molecular weight excluding hydrogens is 223 g/mol. The molecule has 0 saturated carbocycles. The summed E-state index contributed by atoms with van der Waals surface area (Å²) in [6, 6.07) is 0. The molecule has 14 heavy (non-hydrogen) atoms. The van der Waals surface area contributed by atoms with Gasteiger partial charge in [0, 0.05) is 0 Å². The first-order valence-electron chi connectivity index (χ1n) is 5.24. The van der Waals surface area contributed by atoms with Crippen molar-refractivity contribution in [3.63, 3.8) is 0 Å². The number of rotatable bonds is 9. The average molecular weight is 245 g/mol. The molecule has 0 aromatic heterocycles. The average Bonchev–Trinajstić information content (AvgIpc) is 2.21. The number of hydrogen-bond donors (Lipinski definition) is 1. The van der Waals surface area contributed by atoms with E-state index in [4.69, 9.17) is 11.0 Å². The summed E-state index contributed by atoms with van der Waals surface area (Å²) in [5.74, 6) is 0. The van der Waals surface area contributed by atoms with Gasteiger partial charge in [0.15, 0.2) is 0 Å². The van der Waals surface area contributed by atoms with Gasteiger partial charge in [-0.1, -0.05) is 0 Å². The van der Waals surface area contributed by atoms with Crippen LogP contribution in [0.5, 0.6) is 0 Å². The molecule has 0 spiro atoms. The first-order chi connectivity index (χ1) is 6.68. The van der Waals surface area contributed by atoms with Crippen molar-refractivity contribution >= 4 is 0 Å². The topological polar surface area (TPSA) is 47.9 Å². The molecule has 0 aliphatic rings. The van der Waals surface area contributed by atoms with Gasteiger partial charge in [0.2, 0.25) is 0 Å². The summed E-state index contributed by atoms with van der Waals surface area (Å²) in [5.41, 5.74) is 0. The van der Waals surface area contributed by atoms with Crippen LogP contribution in [0.15, 0.2) is 0 Å². The monoisotopic (exact) mass is 245 g/mol. The van der Waals surface area contributed by atoms with Gasteiger partial charge < -0.3 is 0 Å². The molecule has 0 bridgehead atoms. The maximum absolute atomic E-state index is 9.91. The maximum atomic E-state index is 9.91. The summed E-state index contributed by atoms with van der Waals surface area (Å²) in [6.45, 7) is 7.45. The fourth-order valence-electron chi connectivity index (χ4n) is 0.732. The van der Waals surface area contributed by atoms with Crippen molar-refractivity contribution < 1.29 is 30.4 Å². The van der Waals surface area contributed by atoms with Crippen LogP contribution >= 0.6 is 0 Å². The molecule has 0 aliphatic carbocycles. The third-order valence-corrected chi connectivity index (χ3v) is 3.76. The van der Waals surface area contributed by atoms with Crippen molar-refractivity contribution in [3.05, 3.63) is 0 Å². The van der Waals surface area contributed by atoms with Crippen LogP contribution in [0.1, 0.15) is 40.0 Å². The van der Waals surface area contributed by atoms with Gasteiger partial charge >= 0.3 is 90.3 Å². The SMILES string of the molecule is CCC[O][V]([OH])([O]CCC)[O]CCC. The predicted octanol–water partition coefficient (Wildman–Crippen LogP) is 2.07. The van der Waals surface area contributed by atoms with Crippen LogP contribution in [0, 0.1) is 0 Å². The summed E-state index contributed by atoms with van der Waals surface area (Å²) in [6.07, 6.45) is 2.57. The fraction of sp³-hybridized carbons (Fsp3) is 1.00. The molecular formula is C9H22O4V. The van der Waals surface area contributed by atoms with Gasteiger partial charge in [-0.2, -0.15) is 0 Å². The molecule has 87 valence electrons. The Kier molecular flexibility index (Phi) is 8.97. The summed E-state index contributed by atoms with van der Waals surface area (Å²) in [4.78, 5) is 0. The Bertz CT molecular complexity index is 110. The molecule has 0 amide bonds. The molecule has 0 radical (unpaired) electrons. The van der Waals surface area contributed by atoms with Gasteiger partial charge in [0.05, 0.1) is 0 Å². The van der Waals surface area contributed by atoms with Crippen molar-refractivity contribution in [2.75, 3.05) is 19.8 Å². The third kappa shape index (κ3) is 6.82. The summed E-state index contributed by atoms with van der Waals surface area (Å²) < 4.78 is 25.7. The Morgan fingerprint density at radius 3 is 1.29 bits per heavy atom. The van der Waals surface area contributed by atoms with E-state index in [0.717, 1.165) is 19.3 Å². The van der Waals surface area contributed by atoms with Crippen molar-refractivity contribution in [2.24, 2.45) is 0 Å². The van der Waals surface area contributed by atoms with Gasteiger partial charge in [-0.05, 0) is 0 Å². The normalized spacial score (nSPS) is 12.0. The molecule has 1 N–H and O–H groups in total. The van der Waals surface area contributed by atoms with Crippen LogP contribution in [-0.4, -0.2) is 23.9 Å². The first kappa shape index (κ1) is 14.4. The molecule has 0 fully saturated rings. The van der Waals surface area contributed by atoms with Crippen molar-refractivity contribution in [1.29, 1.82) is 0 Å². The zero-order chi connectivity index (χ0) is 10.9. The van der Waals surface area contributed by atoms with Crippen LogP contribution in [0.3, 0.4) is 0 Å². The van der Waals surface area contributed by atoms with E-state index in [1.807, 2.05) is 20.8 Å². The minimum atomic E-state index is -3.66. The molecule has 4 nitrogen and oxygen atoms in total. The molecule has 0 aromatic rings. The Hall–Kier alpha value is 0.424. The zero-order valence-corrected chi connectivity index (χ0v) is 10.8. The second kappa shape index (κ2) is 8.71. The van der Waals surface area contributed by atoms with Crippen LogP contribution in [0.4, 0.5) is 0 Å². The van der Waals surface area contributed by atoms with Gasteiger partial charge in [-0.3, -0.25) is 0 Å². The van der Waals surface area contributed by atoms with E-state index < -0.39 is 15.4 Å². The summed E-state index contributed by atoms with van der Waals surface area (Å²) in [5, 5.41) is 0. The van der Waals surface area contributed by atoms with E-state index in [9.17, 15) is 4.03 Å². The van der Waals surface area contributed by atoms with E-state index in [2.05, 4.69) is 0 Å². The van der Waals surface area contributed by atoms with Crippen molar-refractivity contribution in [1.82, 2.24) is 0 Å². The molecule has 0 heterocycles. The van der Waals surface area contributed by atoms with E-state index in [0.29, 0.717) is 19.8 Å². The van der Waals surface area contributed by atoms with Crippen LogP contribution in [-0.2, 0) is 26.4 Å². The Morgan fingerprint density at radius 2 is 1.07 bits per heavy atom. The molecule has 5 heteroatoms. The third-order valence-electron chi connectivity index (χ3n) is 1.38. The molecule has 0 aliphatic heterocycles. The Labute approximate surface area is 90.6 Å². The molecule has 0 aromatic carbocycles. The van der Waals surface area contributed by atoms with Crippen molar-refractivity contribution in [2.45, 2.75) is 40.0 Å². The van der Waals surface area contributed by atoms with E-state index in [-0.39, 0.29) is 0 Å². The molecule has 0 atom stereocenters. The van der Waals surface area contributed by atoms with E-state index in [1.165, 1.54) is 0 Å². The predicted molar refractivity (Wildman–Crippen MR) is 50.9 cm³/mol. The van der Waals surface area contributed by atoms with Gasteiger partial charge in [-0.15, -0.1) is 0 Å². The second-order valence-corrected chi connectivity index (χ2v) is 5.64. The first-order valence-corrected chi connectivity index (χ1v) is 7.57. The van der Waals surface area contributed by atoms with Gasteiger partial charge in [0.25, 0.3) is 0 Å².